The van der Waals surface area contributed by atoms with Crippen LogP contribution in [0, 0.1) is 5.92 Å². The van der Waals surface area contributed by atoms with Crippen LogP contribution in [0.25, 0.3) is 0 Å². The van der Waals surface area contributed by atoms with Gasteiger partial charge in [0, 0.05) is 19.5 Å². The van der Waals surface area contributed by atoms with E-state index >= 15 is 0 Å². The van der Waals surface area contributed by atoms with Crippen LogP contribution in [0.2, 0.25) is 0 Å². The molecule has 1 heterocycles. The molecular formula is C30H48N8O8. The molecule has 0 radical (unpaired) electrons. The van der Waals surface area contributed by atoms with E-state index in [-0.39, 0.29) is 56.4 Å². The molecule has 0 unspecified atom stereocenters. The van der Waals surface area contributed by atoms with E-state index in [2.05, 4.69) is 20.9 Å². The maximum absolute atomic E-state index is 13.8. The Morgan fingerprint density at radius 3 is 2.20 bits per heavy atom. The number of aromatic hydroxyl groups is 1. The Morgan fingerprint density at radius 1 is 1.00 bits per heavy atom. The number of nitrogens with one attached hydrogen (secondary N) is 3. The number of likely N-dealkylation sites (tertiary alicyclic amines) is 1. The van der Waals surface area contributed by atoms with Gasteiger partial charge in [-0.1, -0.05) is 26.0 Å². The number of aliphatic carboxylic acids is 1. The molecule has 0 saturated carbocycles. The second-order valence-electron chi connectivity index (χ2n) is 11.9. The number of carbonyl (C=O) groups excluding carboxylic acids is 4. The fraction of sp³-hybridized carbons (Fsp3) is 0.600. The Morgan fingerprint density at radius 2 is 1.63 bits per heavy atom. The summed E-state index contributed by atoms with van der Waals surface area (Å²) in [4.78, 5) is 70.3. The molecule has 16 heteroatoms. The first kappa shape index (κ1) is 37.7. The van der Waals surface area contributed by atoms with Gasteiger partial charge in [0.05, 0.1) is 12.1 Å². The summed E-state index contributed by atoms with van der Waals surface area (Å²) >= 11 is 0. The lowest BCUT2D eigenvalue weighted by Gasteiger charge is -2.31. The third kappa shape index (κ3) is 11.8. The van der Waals surface area contributed by atoms with Crippen molar-refractivity contribution in [1.82, 2.24) is 20.9 Å². The Balaban J connectivity index is 2.25. The molecule has 2 rings (SSSR count). The number of amides is 4. The molecule has 1 saturated heterocycles. The van der Waals surface area contributed by atoms with E-state index in [1.54, 1.807) is 12.1 Å². The number of benzene rings is 1. The predicted octanol–water partition coefficient (Wildman–Crippen LogP) is -1.73. The molecule has 1 aromatic rings. The first-order valence-electron chi connectivity index (χ1n) is 15.3. The Bertz CT molecular complexity index is 1240. The fourth-order valence-corrected chi connectivity index (χ4v) is 5.11. The highest BCUT2D eigenvalue weighted by molar-refractivity contribution is 5.96. The number of nitrogens with zero attached hydrogens (tertiary/aromatic N) is 2. The van der Waals surface area contributed by atoms with Gasteiger partial charge in [-0.3, -0.25) is 24.2 Å². The summed E-state index contributed by atoms with van der Waals surface area (Å²) in [6.45, 7) is 5.43. The highest BCUT2D eigenvalue weighted by Gasteiger charge is 2.40. The van der Waals surface area contributed by atoms with Gasteiger partial charge in [-0.15, -0.1) is 0 Å². The van der Waals surface area contributed by atoms with Crippen molar-refractivity contribution >= 4 is 35.6 Å². The second-order valence-corrected chi connectivity index (χ2v) is 11.9. The van der Waals surface area contributed by atoms with Crippen molar-refractivity contribution in [3.63, 3.8) is 0 Å². The van der Waals surface area contributed by atoms with E-state index in [0.29, 0.717) is 18.4 Å². The molecule has 16 nitrogen and oxygen atoms in total. The number of rotatable bonds is 17. The number of carbonyl (C=O) groups is 5. The van der Waals surface area contributed by atoms with Crippen LogP contribution in [0.4, 0.5) is 0 Å². The van der Waals surface area contributed by atoms with E-state index < -0.39 is 65.9 Å². The molecule has 46 heavy (non-hydrogen) atoms. The first-order valence-corrected chi connectivity index (χ1v) is 15.3. The maximum Gasteiger partial charge on any atom is 0.328 e. The highest BCUT2D eigenvalue weighted by atomic mass is 16.4. The molecular weight excluding hydrogens is 600 g/mol. The number of hydrogen-bond acceptors (Lipinski definition) is 9. The van der Waals surface area contributed by atoms with Crippen molar-refractivity contribution < 1.29 is 39.3 Å². The Hall–Kier alpha value is -4.44. The van der Waals surface area contributed by atoms with Gasteiger partial charge in [0.15, 0.2) is 12.0 Å². The summed E-state index contributed by atoms with van der Waals surface area (Å²) in [5, 5.41) is 36.6. The van der Waals surface area contributed by atoms with E-state index in [1.807, 2.05) is 13.8 Å². The van der Waals surface area contributed by atoms with Crippen LogP contribution < -0.4 is 33.2 Å². The summed E-state index contributed by atoms with van der Waals surface area (Å²) < 4.78 is 0. The first-order chi connectivity index (χ1) is 21.6. The number of aliphatic hydroxyl groups is 1. The predicted molar refractivity (Wildman–Crippen MR) is 169 cm³/mol. The molecule has 0 spiro atoms. The van der Waals surface area contributed by atoms with Gasteiger partial charge >= 0.3 is 5.97 Å². The van der Waals surface area contributed by atoms with Gasteiger partial charge in [-0.25, -0.2) is 4.79 Å². The van der Waals surface area contributed by atoms with E-state index in [9.17, 15) is 39.3 Å². The van der Waals surface area contributed by atoms with Gasteiger partial charge in [-0.05, 0) is 62.6 Å². The minimum absolute atomic E-state index is 0.0197. The molecule has 0 bridgehead atoms. The van der Waals surface area contributed by atoms with Crippen molar-refractivity contribution in [1.29, 1.82) is 0 Å². The van der Waals surface area contributed by atoms with Gasteiger partial charge in [0.1, 0.15) is 23.9 Å². The number of carboxylic acids is 1. The van der Waals surface area contributed by atoms with Crippen LogP contribution in [-0.4, -0.2) is 105 Å². The second kappa shape index (κ2) is 17.9. The fourth-order valence-electron chi connectivity index (χ4n) is 5.11. The standard InChI is InChI=1S/C30H48N8O8/c1-16(2)14-22(28(44)38-13-5-7-23(38)27(43)37-24(17(3)39)29(45)46)36-26(42)21(15-18-8-10-19(40)11-9-18)35-25(41)20(31)6-4-12-34-30(32)33/h8-11,16-17,20-24,39-40H,4-7,12-15,31H2,1-3H3,(H,35,41)(H,36,42)(H,37,43)(H,45,46)(H4,32,33,34)/t17-,20+,21+,22+,23+,24+/m0/s1. The van der Waals surface area contributed by atoms with Crippen LogP contribution >= 0.6 is 0 Å². The maximum atomic E-state index is 13.8. The van der Waals surface area contributed by atoms with Crippen molar-refractivity contribution in [2.45, 2.75) is 95.6 Å². The number of aliphatic hydroxyl groups excluding tert-OH is 1. The molecule has 6 atom stereocenters. The third-order valence-electron chi connectivity index (χ3n) is 7.52. The molecule has 256 valence electrons. The van der Waals surface area contributed by atoms with E-state index in [1.165, 1.54) is 24.0 Å². The number of hydrogen-bond donors (Lipinski definition) is 9. The Labute approximate surface area is 268 Å². The van der Waals surface area contributed by atoms with Crippen LogP contribution in [0.3, 0.4) is 0 Å². The summed E-state index contributed by atoms with van der Waals surface area (Å²) in [5.74, 6) is -4.05. The summed E-state index contributed by atoms with van der Waals surface area (Å²) in [6.07, 6.45) is 0.261. The zero-order valence-corrected chi connectivity index (χ0v) is 26.5. The minimum atomic E-state index is -1.56. The molecule has 12 N–H and O–H groups in total. The van der Waals surface area contributed by atoms with Crippen molar-refractivity contribution in [3.05, 3.63) is 29.8 Å². The third-order valence-corrected chi connectivity index (χ3v) is 7.52. The lowest BCUT2D eigenvalue weighted by atomic mass is 10.00. The smallest absolute Gasteiger partial charge is 0.328 e. The average molecular weight is 649 g/mol. The Kier molecular flexibility index (Phi) is 14.7. The van der Waals surface area contributed by atoms with Crippen LogP contribution in [-0.2, 0) is 30.4 Å². The largest absolute Gasteiger partial charge is 0.508 e. The monoisotopic (exact) mass is 648 g/mol. The topological polar surface area (TPSA) is 276 Å². The molecule has 1 aromatic carbocycles. The van der Waals surface area contributed by atoms with Crippen LogP contribution in [0.1, 0.15) is 58.4 Å². The number of nitrogens with two attached hydrogens (primary N) is 3. The number of phenols is 1. The van der Waals surface area contributed by atoms with E-state index in [4.69, 9.17) is 17.2 Å². The zero-order valence-electron chi connectivity index (χ0n) is 26.5. The molecule has 1 aliphatic heterocycles. The summed E-state index contributed by atoms with van der Waals surface area (Å²) in [7, 11) is 0. The normalized spacial score (nSPS) is 17.7. The molecule has 1 aliphatic rings. The minimum Gasteiger partial charge on any atom is -0.508 e. The van der Waals surface area contributed by atoms with Crippen LogP contribution in [0.15, 0.2) is 29.3 Å². The van der Waals surface area contributed by atoms with Crippen molar-refractivity contribution in [2.75, 3.05) is 13.1 Å². The average Bonchev–Trinajstić information content (AvgIpc) is 3.47. The van der Waals surface area contributed by atoms with Crippen molar-refractivity contribution in [2.24, 2.45) is 28.1 Å². The summed E-state index contributed by atoms with van der Waals surface area (Å²) in [6, 6.07) is 0.330. The molecule has 4 amide bonds. The van der Waals surface area contributed by atoms with Crippen molar-refractivity contribution in [3.8, 4) is 5.75 Å². The lowest BCUT2D eigenvalue weighted by Crippen LogP contribution is -2.59. The molecule has 0 aliphatic carbocycles. The number of guanidine groups is 1. The number of aliphatic imine (C=N–C) groups is 1. The lowest BCUT2D eigenvalue weighted by molar-refractivity contribution is -0.147. The SMILES string of the molecule is CC(C)C[C@@H](NC(=O)[C@@H](Cc1ccc(O)cc1)NC(=O)[C@H](N)CCCN=C(N)N)C(=O)N1CCC[C@@H]1C(=O)N[C@@H](C(=O)O)[C@H](C)O. The van der Waals surface area contributed by atoms with Gasteiger partial charge in [0.25, 0.3) is 0 Å². The highest BCUT2D eigenvalue weighted by Crippen LogP contribution is 2.21. The quantitative estimate of drug-likeness (QED) is 0.0520. The molecule has 0 aromatic heterocycles. The number of phenolic OH excluding ortho intramolecular Hbond substituents is 1. The van der Waals surface area contributed by atoms with Gasteiger partial charge < -0.3 is 53.4 Å². The number of carboxylic acid groups (broad SMARTS) is 1. The van der Waals surface area contributed by atoms with Crippen LogP contribution in [0.5, 0.6) is 5.75 Å². The summed E-state index contributed by atoms with van der Waals surface area (Å²) in [5.41, 5.74) is 17.3. The zero-order chi connectivity index (χ0) is 34.6. The molecule has 1 fully saturated rings. The van der Waals surface area contributed by atoms with Gasteiger partial charge in [0.2, 0.25) is 23.6 Å². The van der Waals surface area contributed by atoms with E-state index in [0.717, 1.165) is 0 Å². The van der Waals surface area contributed by atoms with Gasteiger partial charge in [-0.2, -0.15) is 0 Å².